The van der Waals surface area contributed by atoms with E-state index in [1.54, 1.807) is 0 Å². The molecule has 0 spiro atoms. The number of aromatic nitrogens is 1. The van der Waals surface area contributed by atoms with Gasteiger partial charge >= 0.3 is 0 Å². The summed E-state index contributed by atoms with van der Waals surface area (Å²) in [5.74, 6) is 0.830. The molecule has 1 saturated heterocycles. The molecule has 19 heavy (non-hydrogen) atoms. The Morgan fingerprint density at radius 1 is 1.37 bits per heavy atom. The Morgan fingerprint density at radius 3 is 3.16 bits per heavy atom. The number of hydrogen-bond acceptors (Lipinski definition) is 2. The van der Waals surface area contributed by atoms with E-state index in [2.05, 4.69) is 46.4 Å². The lowest BCUT2D eigenvalue weighted by molar-refractivity contribution is 0.339. The standard InChI is InChI=1S/C16H23N3/c1-2-19-8-6-14(12-19)11-17-10-13-3-4-16-15(9-13)5-7-18-16/h3-5,7,9,14,17-18H,2,6,8,10-12H2,1H3. The van der Waals surface area contributed by atoms with Gasteiger partial charge in [-0.05, 0) is 61.1 Å². The van der Waals surface area contributed by atoms with E-state index < -0.39 is 0 Å². The number of rotatable bonds is 5. The molecule has 3 rings (SSSR count). The summed E-state index contributed by atoms with van der Waals surface area (Å²) in [6, 6.07) is 8.78. The molecule has 3 heteroatoms. The Hall–Kier alpha value is -1.32. The molecule has 2 aromatic rings. The molecule has 0 aliphatic carbocycles. The monoisotopic (exact) mass is 257 g/mol. The van der Waals surface area contributed by atoms with E-state index >= 15 is 0 Å². The van der Waals surface area contributed by atoms with Crippen molar-refractivity contribution in [3.05, 3.63) is 36.0 Å². The lowest BCUT2D eigenvalue weighted by atomic mass is 10.1. The van der Waals surface area contributed by atoms with Gasteiger partial charge in [-0.15, -0.1) is 0 Å². The number of nitrogens with zero attached hydrogens (tertiary/aromatic N) is 1. The second-order valence-electron chi connectivity index (χ2n) is 5.58. The van der Waals surface area contributed by atoms with Crippen molar-refractivity contribution in [3.8, 4) is 0 Å². The van der Waals surface area contributed by atoms with Gasteiger partial charge in [-0.1, -0.05) is 13.0 Å². The highest BCUT2D eigenvalue weighted by Crippen LogP contribution is 2.16. The van der Waals surface area contributed by atoms with Gasteiger partial charge in [-0.3, -0.25) is 0 Å². The summed E-state index contributed by atoms with van der Waals surface area (Å²) in [7, 11) is 0. The molecule has 2 heterocycles. The number of aromatic amines is 1. The number of H-pyrrole nitrogens is 1. The summed E-state index contributed by atoms with van der Waals surface area (Å²) in [5, 5.41) is 4.91. The predicted octanol–water partition coefficient (Wildman–Crippen LogP) is 2.60. The quantitative estimate of drug-likeness (QED) is 0.862. The molecule has 3 nitrogen and oxygen atoms in total. The molecular formula is C16H23N3. The van der Waals surface area contributed by atoms with Crippen LogP contribution in [0.15, 0.2) is 30.5 Å². The maximum absolute atomic E-state index is 3.61. The van der Waals surface area contributed by atoms with Crippen molar-refractivity contribution in [1.82, 2.24) is 15.2 Å². The van der Waals surface area contributed by atoms with Crippen molar-refractivity contribution >= 4 is 10.9 Å². The van der Waals surface area contributed by atoms with Crippen LogP contribution in [0.5, 0.6) is 0 Å². The second kappa shape index (κ2) is 5.76. The Labute approximate surface area is 115 Å². The second-order valence-corrected chi connectivity index (χ2v) is 5.58. The fourth-order valence-electron chi connectivity index (χ4n) is 3.00. The summed E-state index contributed by atoms with van der Waals surface area (Å²) in [5.41, 5.74) is 2.59. The van der Waals surface area contributed by atoms with Crippen LogP contribution in [0, 0.1) is 5.92 Å². The maximum atomic E-state index is 3.61. The third kappa shape index (κ3) is 2.99. The fourth-order valence-corrected chi connectivity index (χ4v) is 3.00. The van der Waals surface area contributed by atoms with Gasteiger partial charge in [0.2, 0.25) is 0 Å². The van der Waals surface area contributed by atoms with E-state index in [4.69, 9.17) is 0 Å². The number of benzene rings is 1. The van der Waals surface area contributed by atoms with Crippen LogP contribution < -0.4 is 5.32 Å². The van der Waals surface area contributed by atoms with E-state index in [0.717, 1.165) is 19.0 Å². The Balaban J connectivity index is 1.49. The summed E-state index contributed by atoms with van der Waals surface area (Å²) < 4.78 is 0. The molecule has 0 saturated carbocycles. The summed E-state index contributed by atoms with van der Waals surface area (Å²) in [6.07, 6.45) is 3.34. The van der Waals surface area contributed by atoms with Crippen molar-refractivity contribution in [3.63, 3.8) is 0 Å². The fraction of sp³-hybridized carbons (Fsp3) is 0.500. The molecule has 1 fully saturated rings. The van der Waals surface area contributed by atoms with Gasteiger partial charge in [-0.25, -0.2) is 0 Å². The number of likely N-dealkylation sites (tertiary alicyclic amines) is 1. The Bertz CT molecular complexity index is 532. The van der Waals surface area contributed by atoms with Crippen LogP contribution in [0.2, 0.25) is 0 Å². The highest BCUT2D eigenvalue weighted by atomic mass is 15.1. The predicted molar refractivity (Wildman–Crippen MR) is 80.2 cm³/mol. The zero-order chi connectivity index (χ0) is 13.1. The first kappa shape index (κ1) is 12.7. The first-order chi connectivity index (χ1) is 9.35. The van der Waals surface area contributed by atoms with E-state index in [1.807, 2.05) is 6.20 Å². The highest BCUT2D eigenvalue weighted by Gasteiger charge is 2.20. The van der Waals surface area contributed by atoms with Crippen molar-refractivity contribution < 1.29 is 0 Å². The first-order valence-electron chi connectivity index (χ1n) is 7.34. The van der Waals surface area contributed by atoms with E-state index in [1.165, 1.54) is 42.5 Å². The molecule has 2 N–H and O–H groups in total. The van der Waals surface area contributed by atoms with Crippen LogP contribution in [-0.2, 0) is 6.54 Å². The van der Waals surface area contributed by atoms with Gasteiger partial charge in [-0.2, -0.15) is 0 Å². The molecule has 1 aromatic carbocycles. The minimum absolute atomic E-state index is 0.830. The van der Waals surface area contributed by atoms with Gasteiger partial charge in [0.15, 0.2) is 0 Å². The minimum atomic E-state index is 0.830. The number of fused-ring (bicyclic) bond motifs is 1. The average molecular weight is 257 g/mol. The van der Waals surface area contributed by atoms with E-state index in [9.17, 15) is 0 Å². The number of nitrogens with one attached hydrogen (secondary N) is 2. The van der Waals surface area contributed by atoms with Gasteiger partial charge in [0.25, 0.3) is 0 Å². The van der Waals surface area contributed by atoms with Gasteiger partial charge in [0.1, 0.15) is 0 Å². The first-order valence-corrected chi connectivity index (χ1v) is 7.34. The molecule has 1 aliphatic heterocycles. The van der Waals surface area contributed by atoms with Gasteiger partial charge in [0, 0.05) is 24.8 Å². The smallest absolute Gasteiger partial charge is 0.0454 e. The van der Waals surface area contributed by atoms with Crippen LogP contribution in [-0.4, -0.2) is 36.1 Å². The third-order valence-electron chi connectivity index (χ3n) is 4.20. The van der Waals surface area contributed by atoms with Gasteiger partial charge in [0.05, 0.1) is 0 Å². The zero-order valence-corrected chi connectivity index (χ0v) is 11.7. The van der Waals surface area contributed by atoms with Crippen molar-refractivity contribution in [1.29, 1.82) is 0 Å². The van der Waals surface area contributed by atoms with Crippen molar-refractivity contribution in [2.75, 3.05) is 26.2 Å². The zero-order valence-electron chi connectivity index (χ0n) is 11.7. The minimum Gasteiger partial charge on any atom is -0.361 e. The van der Waals surface area contributed by atoms with E-state index in [-0.39, 0.29) is 0 Å². The number of hydrogen-bond donors (Lipinski definition) is 2. The van der Waals surface area contributed by atoms with Crippen LogP contribution in [0.25, 0.3) is 10.9 Å². The van der Waals surface area contributed by atoms with Gasteiger partial charge < -0.3 is 15.2 Å². The molecule has 1 unspecified atom stereocenters. The third-order valence-corrected chi connectivity index (χ3v) is 4.20. The van der Waals surface area contributed by atoms with Crippen LogP contribution in [0.1, 0.15) is 18.9 Å². The summed E-state index contributed by atoms with van der Waals surface area (Å²) >= 11 is 0. The Morgan fingerprint density at radius 2 is 2.32 bits per heavy atom. The summed E-state index contributed by atoms with van der Waals surface area (Å²) in [6.45, 7) is 8.10. The van der Waals surface area contributed by atoms with Crippen LogP contribution in [0.3, 0.4) is 0 Å². The molecule has 0 radical (unpaired) electrons. The largest absolute Gasteiger partial charge is 0.361 e. The molecular weight excluding hydrogens is 234 g/mol. The topological polar surface area (TPSA) is 31.1 Å². The molecule has 1 aromatic heterocycles. The molecule has 0 amide bonds. The highest BCUT2D eigenvalue weighted by molar-refractivity contribution is 5.79. The lowest BCUT2D eigenvalue weighted by Crippen LogP contribution is -2.26. The van der Waals surface area contributed by atoms with Crippen molar-refractivity contribution in [2.45, 2.75) is 19.9 Å². The average Bonchev–Trinajstić information content (AvgIpc) is 3.06. The lowest BCUT2D eigenvalue weighted by Gasteiger charge is -2.13. The van der Waals surface area contributed by atoms with Crippen LogP contribution >= 0.6 is 0 Å². The van der Waals surface area contributed by atoms with Crippen LogP contribution in [0.4, 0.5) is 0 Å². The molecule has 102 valence electrons. The Kier molecular flexibility index (Phi) is 3.85. The van der Waals surface area contributed by atoms with E-state index in [0.29, 0.717) is 0 Å². The maximum Gasteiger partial charge on any atom is 0.0454 e. The SMILES string of the molecule is CCN1CCC(CNCc2ccc3[nH]ccc3c2)C1. The van der Waals surface area contributed by atoms with Crippen molar-refractivity contribution in [2.24, 2.45) is 5.92 Å². The molecule has 1 atom stereocenters. The summed E-state index contributed by atoms with van der Waals surface area (Å²) in [4.78, 5) is 5.77. The molecule has 0 bridgehead atoms. The normalized spacial score (nSPS) is 20.4. The molecule has 1 aliphatic rings.